The van der Waals surface area contributed by atoms with Crippen LogP contribution in [0.2, 0.25) is 0 Å². The number of hydrogen-bond donors (Lipinski definition) is 7. The molecule has 2 aliphatic rings. The van der Waals surface area contributed by atoms with Gasteiger partial charge in [-0.2, -0.15) is 0 Å². The van der Waals surface area contributed by atoms with Gasteiger partial charge in [-0.05, 0) is 12.8 Å². The summed E-state index contributed by atoms with van der Waals surface area (Å²) in [4.78, 5) is 13.1. The number of aliphatic hydroxyl groups excluding tert-OH is 7. The van der Waals surface area contributed by atoms with E-state index in [0.717, 1.165) is 44.9 Å². The Labute approximate surface area is 457 Å². The van der Waals surface area contributed by atoms with Gasteiger partial charge in [0, 0.05) is 13.0 Å². The number of ether oxygens (including phenoxy) is 6. The number of esters is 1. The molecule has 0 saturated carbocycles. The summed E-state index contributed by atoms with van der Waals surface area (Å²) in [5, 5.41) is 72.4. The predicted molar refractivity (Wildman–Crippen MR) is 298 cm³/mol. The first-order valence-electron chi connectivity index (χ1n) is 31.6. The zero-order valence-corrected chi connectivity index (χ0v) is 48.1. The second-order valence-electron chi connectivity index (χ2n) is 22.6. The van der Waals surface area contributed by atoms with Crippen LogP contribution in [0.5, 0.6) is 0 Å². The summed E-state index contributed by atoms with van der Waals surface area (Å²) in [7, 11) is 0. The molecule has 14 nitrogen and oxygen atoms in total. The van der Waals surface area contributed by atoms with E-state index in [1.165, 1.54) is 218 Å². The van der Waals surface area contributed by atoms with E-state index in [4.69, 9.17) is 28.4 Å². The van der Waals surface area contributed by atoms with Crippen LogP contribution in [-0.2, 0) is 33.2 Å². The molecular formula is C61H118O14. The number of carbonyl (C=O) groups excluding carboxylic acids is 1. The molecule has 0 aromatic rings. The van der Waals surface area contributed by atoms with Crippen LogP contribution in [0.1, 0.15) is 284 Å². The Balaban J connectivity index is 1.67. The smallest absolute Gasteiger partial charge is 0.306 e. The number of unbranched alkanes of at least 4 members (excludes halogenated alkanes) is 39. The molecule has 75 heavy (non-hydrogen) atoms. The van der Waals surface area contributed by atoms with E-state index in [0.29, 0.717) is 6.61 Å². The standard InChI is InChI=1S/C61H118O14/c1-3-5-7-9-11-13-15-17-19-21-23-25-26-28-30-32-34-36-38-40-42-44-53(63)73-50(47-70-45-43-41-39-37-35-33-31-29-27-24-22-20-18-16-14-12-10-8-6-4-2)48-71-60-59(69)57(67)55(65)52(75-60)49-72-61-58(68)56(66)54(64)51(46-62)74-61/h50-52,54-62,64-69H,3-49H2,1-2H3. The second kappa shape index (κ2) is 48.9. The molecule has 0 spiro atoms. The molecule has 0 aromatic heterocycles. The molecule has 11 unspecified atom stereocenters. The van der Waals surface area contributed by atoms with Gasteiger partial charge < -0.3 is 64.2 Å². The number of hydrogen-bond acceptors (Lipinski definition) is 14. The van der Waals surface area contributed by atoms with E-state index in [1.807, 2.05) is 0 Å². The maximum absolute atomic E-state index is 13.1. The van der Waals surface area contributed by atoms with Gasteiger partial charge in [0.05, 0.1) is 26.4 Å². The normalized spacial score (nSPS) is 24.5. The number of carbonyl (C=O) groups is 1. The third-order valence-electron chi connectivity index (χ3n) is 15.6. The van der Waals surface area contributed by atoms with Gasteiger partial charge in [0.2, 0.25) is 0 Å². The van der Waals surface area contributed by atoms with E-state index in [2.05, 4.69) is 13.8 Å². The fraction of sp³-hybridized carbons (Fsp3) is 0.984. The van der Waals surface area contributed by atoms with E-state index in [9.17, 15) is 40.5 Å². The summed E-state index contributed by atoms with van der Waals surface area (Å²) in [6.45, 7) is 3.78. The summed E-state index contributed by atoms with van der Waals surface area (Å²) in [5.41, 5.74) is 0. The van der Waals surface area contributed by atoms with Crippen LogP contribution in [0.4, 0.5) is 0 Å². The van der Waals surface area contributed by atoms with Gasteiger partial charge in [0.15, 0.2) is 12.6 Å². The monoisotopic (exact) mass is 1070 g/mol. The average Bonchev–Trinajstić information content (AvgIpc) is 3.41. The summed E-state index contributed by atoms with van der Waals surface area (Å²) in [6, 6.07) is 0. The first-order chi connectivity index (χ1) is 36.6. The maximum Gasteiger partial charge on any atom is 0.306 e. The minimum absolute atomic E-state index is 0.0712. The lowest BCUT2D eigenvalue weighted by Gasteiger charge is -2.42. The maximum atomic E-state index is 13.1. The van der Waals surface area contributed by atoms with Crippen LogP contribution in [0.3, 0.4) is 0 Å². The van der Waals surface area contributed by atoms with Crippen molar-refractivity contribution in [1.29, 1.82) is 0 Å². The molecule has 2 rings (SSSR count). The highest BCUT2D eigenvalue weighted by Crippen LogP contribution is 2.27. The molecule has 0 bridgehead atoms. The summed E-state index contributed by atoms with van der Waals surface area (Å²) < 4.78 is 34.5. The van der Waals surface area contributed by atoms with Crippen molar-refractivity contribution in [2.45, 2.75) is 351 Å². The Morgan fingerprint density at radius 3 is 1.08 bits per heavy atom. The number of aliphatic hydroxyl groups is 7. The molecule has 11 atom stereocenters. The molecule has 0 amide bonds. The van der Waals surface area contributed by atoms with Crippen molar-refractivity contribution < 1.29 is 69.0 Å². The van der Waals surface area contributed by atoms with Gasteiger partial charge in [0.1, 0.15) is 54.9 Å². The zero-order chi connectivity index (χ0) is 54.4. The molecule has 0 aliphatic carbocycles. The number of rotatable bonds is 53. The highest BCUT2D eigenvalue weighted by molar-refractivity contribution is 5.69. The molecule has 0 radical (unpaired) electrons. The Morgan fingerprint density at radius 2 is 0.707 bits per heavy atom. The summed E-state index contributed by atoms with van der Waals surface area (Å²) >= 11 is 0. The quantitative estimate of drug-likeness (QED) is 0.0223. The van der Waals surface area contributed by atoms with E-state index in [-0.39, 0.29) is 25.6 Å². The van der Waals surface area contributed by atoms with Gasteiger partial charge in [-0.25, -0.2) is 0 Å². The Bertz CT molecular complexity index is 1250. The molecule has 2 saturated heterocycles. The lowest BCUT2D eigenvalue weighted by molar-refractivity contribution is -0.332. The molecular weight excluding hydrogens is 957 g/mol. The van der Waals surface area contributed by atoms with Crippen molar-refractivity contribution in [2.24, 2.45) is 0 Å². The molecule has 2 aliphatic heterocycles. The lowest BCUT2D eigenvalue weighted by atomic mass is 9.98. The predicted octanol–water partition coefficient (Wildman–Crippen LogP) is 12.0. The van der Waals surface area contributed by atoms with E-state index >= 15 is 0 Å². The fourth-order valence-electron chi connectivity index (χ4n) is 10.5. The van der Waals surface area contributed by atoms with Crippen LogP contribution < -0.4 is 0 Å². The third kappa shape index (κ3) is 35.4. The second-order valence-corrected chi connectivity index (χ2v) is 22.6. The van der Waals surface area contributed by atoms with Crippen molar-refractivity contribution in [3.63, 3.8) is 0 Å². The van der Waals surface area contributed by atoms with Crippen LogP contribution >= 0.6 is 0 Å². The van der Waals surface area contributed by atoms with Crippen molar-refractivity contribution >= 4 is 5.97 Å². The summed E-state index contributed by atoms with van der Waals surface area (Å²) in [6.07, 6.45) is 37.4. The SMILES string of the molecule is CCCCCCCCCCCCCCCCCCCCCCCC(=O)OC(COCCCCCCCCCCCCCCCCCCCCCC)COC1OC(COC2OC(CO)C(O)C(O)C2O)C(O)C(O)C1O. The average molecular weight is 1080 g/mol. The largest absolute Gasteiger partial charge is 0.457 e. The molecule has 0 aromatic carbocycles. The van der Waals surface area contributed by atoms with E-state index in [1.54, 1.807) is 0 Å². The van der Waals surface area contributed by atoms with Crippen molar-refractivity contribution in [2.75, 3.05) is 33.0 Å². The Hall–Kier alpha value is -1.01. The van der Waals surface area contributed by atoms with E-state index < -0.39 is 80.7 Å². The summed E-state index contributed by atoms with van der Waals surface area (Å²) in [5.74, 6) is -0.366. The van der Waals surface area contributed by atoms with Crippen LogP contribution in [0.15, 0.2) is 0 Å². The zero-order valence-electron chi connectivity index (χ0n) is 48.1. The van der Waals surface area contributed by atoms with Crippen LogP contribution in [0, 0.1) is 0 Å². The van der Waals surface area contributed by atoms with Crippen molar-refractivity contribution in [1.82, 2.24) is 0 Å². The third-order valence-corrected chi connectivity index (χ3v) is 15.6. The molecule has 2 heterocycles. The molecule has 14 heteroatoms. The van der Waals surface area contributed by atoms with Crippen LogP contribution in [-0.4, -0.2) is 142 Å². The molecule has 446 valence electrons. The first kappa shape index (κ1) is 70.1. The topological polar surface area (TPSA) is 214 Å². The Kier molecular flexibility index (Phi) is 45.7. The minimum atomic E-state index is -1.70. The van der Waals surface area contributed by atoms with Crippen molar-refractivity contribution in [3.05, 3.63) is 0 Å². The Morgan fingerprint density at radius 1 is 0.387 bits per heavy atom. The first-order valence-corrected chi connectivity index (χ1v) is 31.6. The van der Waals surface area contributed by atoms with Gasteiger partial charge >= 0.3 is 5.97 Å². The van der Waals surface area contributed by atoms with Crippen LogP contribution in [0.25, 0.3) is 0 Å². The van der Waals surface area contributed by atoms with Gasteiger partial charge in [-0.15, -0.1) is 0 Å². The molecule has 2 fully saturated rings. The highest BCUT2D eigenvalue weighted by Gasteiger charge is 2.47. The van der Waals surface area contributed by atoms with Gasteiger partial charge in [-0.1, -0.05) is 264 Å². The lowest BCUT2D eigenvalue weighted by Crippen LogP contribution is -2.61. The van der Waals surface area contributed by atoms with Crippen molar-refractivity contribution in [3.8, 4) is 0 Å². The highest BCUT2D eigenvalue weighted by atomic mass is 16.7. The minimum Gasteiger partial charge on any atom is -0.457 e. The fourth-order valence-corrected chi connectivity index (χ4v) is 10.5. The van der Waals surface area contributed by atoms with Gasteiger partial charge in [-0.3, -0.25) is 4.79 Å². The van der Waals surface area contributed by atoms with Gasteiger partial charge in [0.25, 0.3) is 0 Å². The molecule has 7 N–H and O–H groups in total.